The number of carbonyl (C=O) groups is 1. The van der Waals surface area contributed by atoms with Gasteiger partial charge in [0.2, 0.25) is 0 Å². The predicted molar refractivity (Wildman–Crippen MR) is 64.9 cm³/mol. The van der Waals surface area contributed by atoms with Crippen LogP contribution >= 0.6 is 0 Å². The molecule has 1 aliphatic heterocycles. The monoisotopic (exact) mass is 276 g/mol. The number of amides is 1. The Balaban J connectivity index is 2.72. The molecule has 1 heterocycles. The van der Waals surface area contributed by atoms with Crippen LogP contribution in [0.4, 0.5) is 13.6 Å². The van der Waals surface area contributed by atoms with Crippen LogP contribution in [0.5, 0.6) is 0 Å². The fraction of sp³-hybridized carbons (Fsp3) is 0.909. The Labute approximate surface area is 110 Å². The first-order valence-electron chi connectivity index (χ1n) is 5.99. The second kappa shape index (κ2) is 5.61. The quantitative estimate of drug-likeness (QED) is 0.441. The highest BCUT2D eigenvalue weighted by Gasteiger charge is 2.42. The number of carbonyl (C=O) groups excluding carboxylic acids is 1. The molecule has 0 radical (unpaired) electrons. The molecular formula is C11H18F2N4O2. The molecule has 19 heavy (non-hydrogen) atoms. The van der Waals surface area contributed by atoms with E-state index in [-0.39, 0.29) is 19.5 Å². The molecular weight excluding hydrogens is 258 g/mol. The Kier molecular flexibility index (Phi) is 4.57. The van der Waals surface area contributed by atoms with Crippen LogP contribution in [-0.2, 0) is 4.74 Å². The highest BCUT2D eigenvalue weighted by Crippen LogP contribution is 2.31. The number of hydrogen-bond donors (Lipinski definition) is 0. The number of rotatable bonds is 2. The molecule has 0 aromatic rings. The number of nitrogens with zero attached hydrogens (tertiary/aromatic N) is 4. The van der Waals surface area contributed by atoms with Gasteiger partial charge in [-0.1, -0.05) is 5.11 Å². The lowest BCUT2D eigenvalue weighted by Gasteiger charge is -2.37. The van der Waals surface area contributed by atoms with Gasteiger partial charge in [0.05, 0.1) is 6.54 Å². The van der Waals surface area contributed by atoms with E-state index in [4.69, 9.17) is 10.3 Å². The first-order valence-corrected chi connectivity index (χ1v) is 5.99. The predicted octanol–water partition coefficient (Wildman–Crippen LogP) is 3.19. The first-order chi connectivity index (χ1) is 8.63. The fourth-order valence-electron chi connectivity index (χ4n) is 1.95. The van der Waals surface area contributed by atoms with Crippen molar-refractivity contribution in [3.8, 4) is 0 Å². The summed E-state index contributed by atoms with van der Waals surface area (Å²) in [4.78, 5) is 15.3. The average molecular weight is 276 g/mol. The van der Waals surface area contributed by atoms with Gasteiger partial charge in [0, 0.05) is 24.4 Å². The molecule has 0 spiro atoms. The third kappa shape index (κ3) is 5.30. The normalized spacial score (nSPS) is 22.6. The van der Waals surface area contributed by atoms with Gasteiger partial charge in [-0.15, -0.1) is 0 Å². The number of likely N-dealkylation sites (tertiary alicyclic amines) is 1. The minimum atomic E-state index is -2.98. The Hall–Kier alpha value is -1.56. The number of halogens is 2. The first kappa shape index (κ1) is 15.5. The summed E-state index contributed by atoms with van der Waals surface area (Å²) in [5, 5.41) is 3.30. The topological polar surface area (TPSA) is 78.3 Å². The molecule has 0 aliphatic carbocycles. The maximum Gasteiger partial charge on any atom is 0.410 e. The number of piperidine rings is 1. The van der Waals surface area contributed by atoms with E-state index in [1.807, 2.05) is 0 Å². The molecule has 1 aliphatic rings. The summed E-state index contributed by atoms with van der Waals surface area (Å²) in [5.41, 5.74) is 7.49. The van der Waals surface area contributed by atoms with E-state index >= 15 is 0 Å². The Morgan fingerprint density at radius 3 is 2.74 bits per heavy atom. The zero-order valence-corrected chi connectivity index (χ0v) is 11.3. The number of hydrogen-bond acceptors (Lipinski definition) is 3. The standard InChI is InChI=1S/C11H18F2N4O2/c1-10(2,3)19-9(18)17-6-8(5-15-16-14)4-11(12,13)7-17/h8H,4-7H2,1-3H3. The van der Waals surface area contributed by atoms with Gasteiger partial charge in [0.1, 0.15) is 5.60 Å². The minimum Gasteiger partial charge on any atom is -0.444 e. The fourth-order valence-corrected chi connectivity index (χ4v) is 1.95. The van der Waals surface area contributed by atoms with Crippen molar-refractivity contribution in [2.24, 2.45) is 11.0 Å². The molecule has 0 aromatic carbocycles. The molecule has 0 saturated carbocycles. The molecule has 8 heteroatoms. The van der Waals surface area contributed by atoms with Crippen molar-refractivity contribution >= 4 is 6.09 Å². The van der Waals surface area contributed by atoms with Crippen molar-refractivity contribution in [3.63, 3.8) is 0 Å². The lowest BCUT2D eigenvalue weighted by Crippen LogP contribution is -2.51. The molecule has 6 nitrogen and oxygen atoms in total. The van der Waals surface area contributed by atoms with E-state index in [1.54, 1.807) is 20.8 Å². The SMILES string of the molecule is CC(C)(C)OC(=O)N1CC(CN=[N+]=[N-])CC(F)(F)C1. The second-order valence-electron chi connectivity index (χ2n) is 5.70. The van der Waals surface area contributed by atoms with Crippen LogP contribution < -0.4 is 0 Å². The molecule has 1 saturated heterocycles. The highest BCUT2D eigenvalue weighted by atomic mass is 19.3. The van der Waals surface area contributed by atoms with Crippen LogP contribution in [0.25, 0.3) is 10.4 Å². The maximum absolute atomic E-state index is 13.5. The van der Waals surface area contributed by atoms with E-state index in [2.05, 4.69) is 10.0 Å². The van der Waals surface area contributed by atoms with Crippen LogP contribution in [0, 0.1) is 5.92 Å². The van der Waals surface area contributed by atoms with Crippen LogP contribution in [0.2, 0.25) is 0 Å². The van der Waals surface area contributed by atoms with Gasteiger partial charge in [0.25, 0.3) is 5.92 Å². The third-order valence-corrected chi connectivity index (χ3v) is 2.54. The van der Waals surface area contributed by atoms with Crippen LogP contribution in [0.3, 0.4) is 0 Å². The molecule has 108 valence electrons. The van der Waals surface area contributed by atoms with Gasteiger partial charge in [-0.05, 0) is 32.2 Å². The van der Waals surface area contributed by atoms with Crippen molar-refractivity contribution in [3.05, 3.63) is 10.4 Å². The van der Waals surface area contributed by atoms with Gasteiger partial charge in [-0.2, -0.15) is 0 Å². The molecule has 1 amide bonds. The van der Waals surface area contributed by atoms with E-state index < -0.39 is 30.1 Å². The second-order valence-corrected chi connectivity index (χ2v) is 5.70. The van der Waals surface area contributed by atoms with Gasteiger partial charge in [-0.3, -0.25) is 0 Å². The molecule has 0 aromatic heterocycles. The Bertz CT molecular complexity index is 389. The van der Waals surface area contributed by atoms with Crippen molar-refractivity contribution in [2.45, 2.75) is 38.7 Å². The Morgan fingerprint density at radius 2 is 2.21 bits per heavy atom. The lowest BCUT2D eigenvalue weighted by atomic mass is 9.95. The molecule has 1 unspecified atom stereocenters. The maximum atomic E-state index is 13.5. The molecule has 1 rings (SSSR count). The van der Waals surface area contributed by atoms with Gasteiger partial charge >= 0.3 is 6.09 Å². The smallest absolute Gasteiger partial charge is 0.410 e. The molecule has 1 atom stereocenters. The average Bonchev–Trinajstić information content (AvgIpc) is 2.21. The van der Waals surface area contributed by atoms with Gasteiger partial charge in [-0.25, -0.2) is 13.6 Å². The van der Waals surface area contributed by atoms with Crippen LogP contribution in [0.15, 0.2) is 5.11 Å². The molecule has 0 N–H and O–H groups in total. The van der Waals surface area contributed by atoms with Gasteiger partial charge < -0.3 is 9.64 Å². The number of azide groups is 1. The zero-order valence-electron chi connectivity index (χ0n) is 11.3. The zero-order chi connectivity index (χ0) is 14.7. The highest BCUT2D eigenvalue weighted by molar-refractivity contribution is 5.68. The number of alkyl halides is 2. The van der Waals surface area contributed by atoms with E-state index in [9.17, 15) is 13.6 Å². The van der Waals surface area contributed by atoms with E-state index in [1.165, 1.54) is 0 Å². The third-order valence-electron chi connectivity index (χ3n) is 2.54. The van der Waals surface area contributed by atoms with Crippen LogP contribution in [-0.4, -0.2) is 42.2 Å². The summed E-state index contributed by atoms with van der Waals surface area (Å²) in [6.07, 6.45) is -1.15. The van der Waals surface area contributed by atoms with E-state index in [0.717, 1.165) is 4.90 Å². The molecule has 1 fully saturated rings. The van der Waals surface area contributed by atoms with Crippen LogP contribution in [0.1, 0.15) is 27.2 Å². The lowest BCUT2D eigenvalue weighted by molar-refractivity contribution is -0.0851. The van der Waals surface area contributed by atoms with Crippen molar-refractivity contribution in [2.75, 3.05) is 19.6 Å². The number of ether oxygens (including phenoxy) is 1. The Morgan fingerprint density at radius 1 is 1.58 bits per heavy atom. The van der Waals surface area contributed by atoms with Crippen molar-refractivity contribution in [1.29, 1.82) is 0 Å². The summed E-state index contributed by atoms with van der Waals surface area (Å²) in [6.45, 7) is 4.42. The van der Waals surface area contributed by atoms with E-state index in [0.29, 0.717) is 0 Å². The largest absolute Gasteiger partial charge is 0.444 e. The molecule has 0 bridgehead atoms. The van der Waals surface area contributed by atoms with Crippen molar-refractivity contribution in [1.82, 2.24) is 4.90 Å². The summed E-state index contributed by atoms with van der Waals surface area (Å²) in [6, 6.07) is 0. The summed E-state index contributed by atoms with van der Waals surface area (Å²) in [5.74, 6) is -3.53. The summed E-state index contributed by atoms with van der Waals surface area (Å²) >= 11 is 0. The van der Waals surface area contributed by atoms with Crippen molar-refractivity contribution < 1.29 is 18.3 Å². The van der Waals surface area contributed by atoms with Gasteiger partial charge in [0.15, 0.2) is 0 Å². The summed E-state index contributed by atoms with van der Waals surface area (Å²) < 4.78 is 32.2. The summed E-state index contributed by atoms with van der Waals surface area (Å²) in [7, 11) is 0. The minimum absolute atomic E-state index is 0.0502.